The second-order valence-corrected chi connectivity index (χ2v) is 2.86. The zero-order chi connectivity index (χ0) is 7.94. The Morgan fingerprint density at radius 1 is 1.27 bits per heavy atom. The molecule has 0 N–H and O–H groups in total. The molecule has 1 aromatic rings. The van der Waals surface area contributed by atoms with Crippen molar-refractivity contribution >= 4 is 0 Å². The number of nitrogens with zero attached hydrogens (tertiary/aromatic N) is 2. The van der Waals surface area contributed by atoms with Crippen molar-refractivity contribution in [1.29, 1.82) is 0 Å². The van der Waals surface area contributed by atoms with Gasteiger partial charge in [-0.05, 0) is 6.42 Å². The second kappa shape index (κ2) is 4.94. The van der Waals surface area contributed by atoms with E-state index in [0.29, 0.717) is 0 Å². The van der Waals surface area contributed by atoms with Crippen LogP contribution in [0.3, 0.4) is 0 Å². The predicted molar refractivity (Wildman–Crippen MR) is 46.4 cm³/mol. The zero-order valence-electron chi connectivity index (χ0n) is 7.16. The monoisotopic (exact) mass is 152 g/mol. The Hall–Kier alpha value is -0.790. The van der Waals surface area contributed by atoms with Crippen LogP contribution in [0, 0.1) is 0 Å². The molecule has 0 aromatic carbocycles. The van der Waals surface area contributed by atoms with Gasteiger partial charge in [0, 0.05) is 18.9 Å². The lowest BCUT2D eigenvalue weighted by Gasteiger charge is -1.99. The van der Waals surface area contributed by atoms with E-state index in [4.69, 9.17) is 0 Å². The Bertz CT molecular complexity index is 168. The third kappa shape index (κ3) is 3.21. The van der Waals surface area contributed by atoms with E-state index in [1.165, 1.54) is 25.7 Å². The summed E-state index contributed by atoms with van der Waals surface area (Å²) in [6, 6.07) is 0. The first-order chi connectivity index (χ1) is 5.43. The Balaban J connectivity index is 2.04. The van der Waals surface area contributed by atoms with Crippen LogP contribution in [0.15, 0.2) is 18.7 Å². The average Bonchev–Trinajstić information content (AvgIpc) is 2.50. The van der Waals surface area contributed by atoms with Crippen molar-refractivity contribution in [3.8, 4) is 0 Å². The molecule has 11 heavy (non-hydrogen) atoms. The molecule has 1 rings (SSSR count). The Kier molecular flexibility index (Phi) is 3.73. The lowest BCUT2D eigenvalue weighted by molar-refractivity contribution is 0.582. The molecule has 0 bridgehead atoms. The molecule has 0 fully saturated rings. The highest BCUT2D eigenvalue weighted by atomic mass is 15.0. The highest BCUT2D eigenvalue weighted by Crippen LogP contribution is 2.00. The zero-order valence-corrected chi connectivity index (χ0v) is 7.16. The van der Waals surface area contributed by atoms with Crippen molar-refractivity contribution in [2.75, 3.05) is 0 Å². The molecule has 62 valence electrons. The highest BCUT2D eigenvalue weighted by Gasteiger charge is 1.89. The van der Waals surface area contributed by atoms with Crippen molar-refractivity contribution in [1.82, 2.24) is 9.55 Å². The number of imidazole rings is 1. The van der Waals surface area contributed by atoms with Crippen LogP contribution in [0.2, 0.25) is 0 Å². The van der Waals surface area contributed by atoms with Crippen molar-refractivity contribution in [3.63, 3.8) is 0 Å². The van der Waals surface area contributed by atoms with Crippen molar-refractivity contribution in [2.24, 2.45) is 0 Å². The number of rotatable bonds is 5. The van der Waals surface area contributed by atoms with Gasteiger partial charge < -0.3 is 4.57 Å². The van der Waals surface area contributed by atoms with Gasteiger partial charge in [-0.3, -0.25) is 0 Å². The average molecular weight is 152 g/mol. The molecule has 0 spiro atoms. The summed E-state index contributed by atoms with van der Waals surface area (Å²) in [5.41, 5.74) is 0. The van der Waals surface area contributed by atoms with Gasteiger partial charge in [0.05, 0.1) is 6.33 Å². The summed E-state index contributed by atoms with van der Waals surface area (Å²) in [7, 11) is 0. The fourth-order valence-electron chi connectivity index (χ4n) is 1.14. The van der Waals surface area contributed by atoms with Gasteiger partial charge in [-0.1, -0.05) is 26.2 Å². The molecule has 0 aliphatic carbocycles. The van der Waals surface area contributed by atoms with E-state index >= 15 is 0 Å². The summed E-state index contributed by atoms with van der Waals surface area (Å²) in [5, 5.41) is 0. The van der Waals surface area contributed by atoms with Crippen LogP contribution in [0.4, 0.5) is 0 Å². The number of hydrogen-bond acceptors (Lipinski definition) is 1. The summed E-state index contributed by atoms with van der Waals surface area (Å²) < 4.78 is 2.13. The summed E-state index contributed by atoms with van der Waals surface area (Å²) in [6.45, 7) is 3.36. The van der Waals surface area contributed by atoms with E-state index < -0.39 is 0 Å². The van der Waals surface area contributed by atoms with Crippen LogP contribution in [0.25, 0.3) is 0 Å². The molecule has 0 radical (unpaired) electrons. The summed E-state index contributed by atoms with van der Waals surface area (Å²) in [4.78, 5) is 3.98. The van der Waals surface area contributed by atoms with Crippen LogP contribution in [0.5, 0.6) is 0 Å². The fraction of sp³-hybridized carbons (Fsp3) is 0.667. The van der Waals surface area contributed by atoms with Gasteiger partial charge in [-0.25, -0.2) is 4.98 Å². The maximum Gasteiger partial charge on any atom is 0.0945 e. The quantitative estimate of drug-likeness (QED) is 0.593. The Morgan fingerprint density at radius 2 is 2.18 bits per heavy atom. The number of unbranched alkanes of at least 4 members (excludes halogenated alkanes) is 3. The first-order valence-electron chi connectivity index (χ1n) is 4.39. The van der Waals surface area contributed by atoms with E-state index in [2.05, 4.69) is 16.5 Å². The standard InChI is InChI=1S/C9H16N2/c1-2-3-4-5-7-11-8-6-10-9-11/h6,8-9H,2-5,7H2,1H3. The largest absolute Gasteiger partial charge is 0.337 e. The van der Waals surface area contributed by atoms with Gasteiger partial charge in [0.25, 0.3) is 0 Å². The molecule has 0 amide bonds. The SMILES string of the molecule is CCCCCCn1ccnc1. The molecule has 0 aliphatic rings. The third-order valence-corrected chi connectivity index (χ3v) is 1.83. The normalized spacial score (nSPS) is 10.3. The smallest absolute Gasteiger partial charge is 0.0945 e. The van der Waals surface area contributed by atoms with Gasteiger partial charge in [-0.2, -0.15) is 0 Å². The predicted octanol–water partition coefficient (Wildman–Crippen LogP) is 2.46. The first kappa shape index (κ1) is 8.31. The van der Waals surface area contributed by atoms with Gasteiger partial charge in [0.1, 0.15) is 0 Å². The maximum atomic E-state index is 3.98. The molecule has 0 aliphatic heterocycles. The highest BCUT2D eigenvalue weighted by molar-refractivity contribution is 4.73. The fourth-order valence-corrected chi connectivity index (χ4v) is 1.14. The third-order valence-electron chi connectivity index (χ3n) is 1.83. The van der Waals surface area contributed by atoms with Crippen LogP contribution in [-0.4, -0.2) is 9.55 Å². The summed E-state index contributed by atoms with van der Waals surface area (Å²) in [6.07, 6.45) is 11.0. The number of aryl methyl sites for hydroxylation is 1. The lowest BCUT2D eigenvalue weighted by Crippen LogP contribution is -1.93. The van der Waals surface area contributed by atoms with Crippen LogP contribution >= 0.6 is 0 Å². The molecule has 2 heteroatoms. The van der Waals surface area contributed by atoms with Gasteiger partial charge in [0.2, 0.25) is 0 Å². The molecule has 0 atom stereocenters. The number of aromatic nitrogens is 2. The topological polar surface area (TPSA) is 17.8 Å². The van der Waals surface area contributed by atoms with Gasteiger partial charge in [0.15, 0.2) is 0 Å². The van der Waals surface area contributed by atoms with E-state index in [1.54, 1.807) is 0 Å². The van der Waals surface area contributed by atoms with E-state index in [0.717, 1.165) is 6.54 Å². The number of hydrogen-bond donors (Lipinski definition) is 0. The van der Waals surface area contributed by atoms with Crippen LogP contribution in [0.1, 0.15) is 32.6 Å². The van der Waals surface area contributed by atoms with E-state index in [1.807, 2.05) is 18.7 Å². The van der Waals surface area contributed by atoms with Gasteiger partial charge >= 0.3 is 0 Å². The molecule has 0 saturated carbocycles. The van der Waals surface area contributed by atoms with E-state index in [9.17, 15) is 0 Å². The summed E-state index contributed by atoms with van der Waals surface area (Å²) >= 11 is 0. The minimum atomic E-state index is 1.12. The minimum Gasteiger partial charge on any atom is -0.337 e. The molecular formula is C9H16N2. The van der Waals surface area contributed by atoms with Crippen molar-refractivity contribution in [2.45, 2.75) is 39.2 Å². The Morgan fingerprint density at radius 3 is 2.82 bits per heavy atom. The summed E-state index contributed by atoms with van der Waals surface area (Å²) in [5.74, 6) is 0. The van der Waals surface area contributed by atoms with Crippen LogP contribution in [-0.2, 0) is 6.54 Å². The molecule has 0 saturated heterocycles. The molecule has 1 heterocycles. The molecular weight excluding hydrogens is 136 g/mol. The van der Waals surface area contributed by atoms with Crippen molar-refractivity contribution < 1.29 is 0 Å². The van der Waals surface area contributed by atoms with Gasteiger partial charge in [-0.15, -0.1) is 0 Å². The Labute approximate surface area is 68.3 Å². The minimum absolute atomic E-state index is 1.12. The second-order valence-electron chi connectivity index (χ2n) is 2.86. The molecule has 1 aromatic heterocycles. The lowest BCUT2D eigenvalue weighted by atomic mass is 10.2. The van der Waals surface area contributed by atoms with Crippen LogP contribution < -0.4 is 0 Å². The first-order valence-corrected chi connectivity index (χ1v) is 4.39. The van der Waals surface area contributed by atoms with E-state index in [-0.39, 0.29) is 0 Å². The molecule has 0 unspecified atom stereocenters. The van der Waals surface area contributed by atoms with Crippen molar-refractivity contribution in [3.05, 3.63) is 18.7 Å². The molecule has 2 nitrogen and oxygen atoms in total. The maximum absolute atomic E-state index is 3.98.